The minimum Gasteiger partial charge on any atom is -0.508 e. The molecule has 6 heteroatoms. The number of anilines is 2. The predicted molar refractivity (Wildman–Crippen MR) is 82.5 cm³/mol. The summed E-state index contributed by atoms with van der Waals surface area (Å²) in [6.45, 7) is 0.327. The number of rotatable bonds is 4. The van der Waals surface area contributed by atoms with E-state index >= 15 is 0 Å². The summed E-state index contributed by atoms with van der Waals surface area (Å²) in [4.78, 5) is 11.5. The molecule has 0 spiro atoms. The number of phenolic OH excluding ortho intramolecular Hbond substituents is 1. The van der Waals surface area contributed by atoms with E-state index in [1.807, 2.05) is 0 Å². The first-order valence-corrected chi connectivity index (χ1v) is 6.68. The number of nitrogen functional groups attached to an aromatic ring is 1. The van der Waals surface area contributed by atoms with E-state index in [1.54, 1.807) is 30.3 Å². The molecular weight excluding hydrogens is 322 g/mol. The van der Waals surface area contributed by atoms with Gasteiger partial charge in [-0.1, -0.05) is 6.07 Å². The molecule has 0 saturated carbocycles. The van der Waals surface area contributed by atoms with Gasteiger partial charge in [0.2, 0.25) is 0 Å². The van der Waals surface area contributed by atoms with E-state index in [0.29, 0.717) is 33.5 Å². The summed E-state index contributed by atoms with van der Waals surface area (Å²) in [7, 11) is 0. The molecule has 0 fully saturated rings. The Balaban J connectivity index is 2.25. The van der Waals surface area contributed by atoms with Crippen LogP contribution in [0.1, 0.15) is 15.9 Å². The standard InChI is InChI=1S/C14H14BrN3O2/c15-10-2-1-3-11(13(10)14(17)20)18-7-8-6-9(16)4-5-12(8)19/h1-6,18-19H,7,16H2,(H2,17,20). The quantitative estimate of drug-likeness (QED) is 0.509. The normalized spacial score (nSPS) is 10.2. The third-order valence-corrected chi connectivity index (χ3v) is 3.49. The maximum atomic E-state index is 11.5. The van der Waals surface area contributed by atoms with Gasteiger partial charge in [-0.15, -0.1) is 0 Å². The highest BCUT2D eigenvalue weighted by Crippen LogP contribution is 2.26. The maximum Gasteiger partial charge on any atom is 0.251 e. The van der Waals surface area contributed by atoms with Gasteiger partial charge in [-0.3, -0.25) is 4.79 Å². The average molecular weight is 336 g/mol. The third kappa shape index (κ3) is 3.03. The number of halogens is 1. The maximum absolute atomic E-state index is 11.5. The first kappa shape index (κ1) is 14.2. The van der Waals surface area contributed by atoms with Gasteiger partial charge in [-0.05, 0) is 46.3 Å². The Morgan fingerprint density at radius 2 is 2.05 bits per heavy atom. The lowest BCUT2D eigenvalue weighted by Crippen LogP contribution is -2.15. The summed E-state index contributed by atoms with van der Waals surface area (Å²) in [6, 6.07) is 10.1. The van der Waals surface area contributed by atoms with Crippen LogP contribution in [0.25, 0.3) is 0 Å². The van der Waals surface area contributed by atoms with Crippen molar-refractivity contribution < 1.29 is 9.90 Å². The molecule has 5 nitrogen and oxygen atoms in total. The molecule has 0 saturated heterocycles. The molecule has 0 aromatic heterocycles. The van der Waals surface area contributed by atoms with E-state index < -0.39 is 5.91 Å². The van der Waals surface area contributed by atoms with Crippen LogP contribution in [0.15, 0.2) is 40.9 Å². The molecule has 2 aromatic rings. The summed E-state index contributed by atoms with van der Waals surface area (Å²) >= 11 is 3.29. The Morgan fingerprint density at radius 1 is 1.30 bits per heavy atom. The van der Waals surface area contributed by atoms with Gasteiger partial charge >= 0.3 is 0 Å². The number of amides is 1. The zero-order valence-corrected chi connectivity index (χ0v) is 12.1. The summed E-state index contributed by atoms with van der Waals surface area (Å²) in [6.07, 6.45) is 0. The molecule has 20 heavy (non-hydrogen) atoms. The number of benzene rings is 2. The number of carbonyl (C=O) groups is 1. The van der Waals surface area contributed by atoms with Crippen molar-refractivity contribution in [3.63, 3.8) is 0 Å². The smallest absolute Gasteiger partial charge is 0.251 e. The number of carbonyl (C=O) groups excluding carboxylic acids is 1. The van der Waals surface area contributed by atoms with Crippen molar-refractivity contribution in [2.75, 3.05) is 11.1 Å². The van der Waals surface area contributed by atoms with Crippen molar-refractivity contribution in [1.29, 1.82) is 0 Å². The van der Waals surface area contributed by atoms with Gasteiger partial charge in [-0.25, -0.2) is 0 Å². The molecule has 6 N–H and O–H groups in total. The van der Waals surface area contributed by atoms with E-state index in [0.717, 1.165) is 0 Å². The Morgan fingerprint density at radius 3 is 2.75 bits per heavy atom. The second kappa shape index (κ2) is 5.83. The van der Waals surface area contributed by atoms with E-state index in [1.165, 1.54) is 6.07 Å². The van der Waals surface area contributed by atoms with Crippen LogP contribution in [0.4, 0.5) is 11.4 Å². The topological polar surface area (TPSA) is 101 Å². The third-order valence-electron chi connectivity index (χ3n) is 2.83. The molecule has 0 aliphatic heterocycles. The fourth-order valence-corrected chi connectivity index (χ4v) is 2.42. The van der Waals surface area contributed by atoms with Gasteiger partial charge in [0.25, 0.3) is 5.91 Å². The van der Waals surface area contributed by atoms with Gasteiger partial charge < -0.3 is 21.9 Å². The van der Waals surface area contributed by atoms with Crippen molar-refractivity contribution in [1.82, 2.24) is 0 Å². The SMILES string of the molecule is NC(=O)c1c(Br)cccc1NCc1cc(N)ccc1O. The largest absolute Gasteiger partial charge is 0.508 e. The van der Waals surface area contributed by atoms with E-state index in [-0.39, 0.29) is 5.75 Å². The van der Waals surface area contributed by atoms with Gasteiger partial charge in [0.15, 0.2) is 0 Å². The van der Waals surface area contributed by atoms with E-state index in [9.17, 15) is 9.90 Å². The number of nitrogens with two attached hydrogens (primary N) is 2. The Hall–Kier alpha value is -2.21. The van der Waals surface area contributed by atoms with Crippen LogP contribution in [0.2, 0.25) is 0 Å². The Labute approximate surface area is 124 Å². The number of aromatic hydroxyl groups is 1. The lowest BCUT2D eigenvalue weighted by atomic mass is 10.1. The number of phenols is 1. The van der Waals surface area contributed by atoms with Gasteiger partial charge in [0.05, 0.1) is 5.56 Å². The van der Waals surface area contributed by atoms with Crippen LogP contribution in [-0.2, 0) is 6.54 Å². The lowest BCUT2D eigenvalue weighted by molar-refractivity contribution is 0.100. The van der Waals surface area contributed by atoms with E-state index in [4.69, 9.17) is 11.5 Å². The van der Waals surface area contributed by atoms with Crippen LogP contribution in [0.5, 0.6) is 5.75 Å². The minimum absolute atomic E-state index is 0.141. The van der Waals surface area contributed by atoms with Crippen molar-refractivity contribution in [2.45, 2.75) is 6.54 Å². The fraction of sp³-hybridized carbons (Fsp3) is 0.0714. The second-order valence-corrected chi connectivity index (χ2v) is 5.12. The highest BCUT2D eigenvalue weighted by atomic mass is 79.9. The lowest BCUT2D eigenvalue weighted by Gasteiger charge is -2.12. The molecule has 0 unspecified atom stereocenters. The average Bonchev–Trinajstić information content (AvgIpc) is 2.39. The molecule has 104 valence electrons. The molecule has 0 heterocycles. The highest BCUT2D eigenvalue weighted by molar-refractivity contribution is 9.10. The van der Waals surface area contributed by atoms with Crippen molar-refractivity contribution in [3.8, 4) is 5.75 Å². The molecule has 0 bridgehead atoms. The molecule has 1 amide bonds. The van der Waals surface area contributed by atoms with Crippen LogP contribution < -0.4 is 16.8 Å². The molecule has 0 radical (unpaired) electrons. The molecule has 0 aliphatic rings. The monoisotopic (exact) mass is 335 g/mol. The van der Waals surface area contributed by atoms with Crippen LogP contribution >= 0.6 is 15.9 Å². The number of hydrogen-bond acceptors (Lipinski definition) is 4. The number of primary amides is 1. The summed E-state index contributed by atoms with van der Waals surface area (Å²) in [5.74, 6) is -0.390. The minimum atomic E-state index is -0.531. The first-order valence-electron chi connectivity index (χ1n) is 5.88. The highest BCUT2D eigenvalue weighted by Gasteiger charge is 2.12. The van der Waals surface area contributed by atoms with Gasteiger partial charge in [0, 0.05) is 28.0 Å². The van der Waals surface area contributed by atoms with Gasteiger partial charge in [0.1, 0.15) is 5.75 Å². The van der Waals surface area contributed by atoms with Crippen LogP contribution in [0.3, 0.4) is 0 Å². The molecule has 2 rings (SSSR count). The van der Waals surface area contributed by atoms with E-state index in [2.05, 4.69) is 21.2 Å². The second-order valence-electron chi connectivity index (χ2n) is 4.27. The fourth-order valence-electron chi connectivity index (χ4n) is 1.86. The zero-order valence-electron chi connectivity index (χ0n) is 10.6. The number of nitrogens with one attached hydrogen (secondary N) is 1. The Bertz CT molecular complexity index is 659. The van der Waals surface area contributed by atoms with Crippen molar-refractivity contribution in [3.05, 3.63) is 52.0 Å². The molecule has 0 atom stereocenters. The molecule has 2 aromatic carbocycles. The summed E-state index contributed by atoms with van der Waals surface area (Å²) in [5.41, 5.74) is 13.2. The summed E-state index contributed by atoms with van der Waals surface area (Å²) < 4.78 is 0.617. The number of hydrogen-bond donors (Lipinski definition) is 4. The molecular formula is C14H14BrN3O2. The predicted octanol–water partition coefficient (Wildman–Crippen LogP) is 2.45. The van der Waals surface area contributed by atoms with Crippen LogP contribution in [0, 0.1) is 0 Å². The van der Waals surface area contributed by atoms with Crippen molar-refractivity contribution in [2.24, 2.45) is 5.73 Å². The van der Waals surface area contributed by atoms with Crippen molar-refractivity contribution >= 4 is 33.2 Å². The Kier molecular flexibility index (Phi) is 4.14. The zero-order chi connectivity index (χ0) is 14.7. The van der Waals surface area contributed by atoms with Crippen LogP contribution in [-0.4, -0.2) is 11.0 Å². The summed E-state index contributed by atoms with van der Waals surface area (Å²) in [5, 5.41) is 12.8. The first-order chi connectivity index (χ1) is 9.49. The molecule has 0 aliphatic carbocycles. The van der Waals surface area contributed by atoms with Gasteiger partial charge in [-0.2, -0.15) is 0 Å².